The lowest BCUT2D eigenvalue weighted by Crippen LogP contribution is -2.12. The van der Waals surface area contributed by atoms with Crippen molar-refractivity contribution in [3.05, 3.63) is 48.0 Å². The van der Waals surface area contributed by atoms with Crippen molar-refractivity contribution in [2.24, 2.45) is 0 Å². The van der Waals surface area contributed by atoms with Crippen molar-refractivity contribution in [3.8, 4) is 0 Å². The van der Waals surface area contributed by atoms with E-state index in [-0.39, 0.29) is 5.97 Å². The first-order valence-electron chi connectivity index (χ1n) is 6.29. The fourth-order valence-electron chi connectivity index (χ4n) is 1.56. The molecule has 0 spiro atoms. The van der Waals surface area contributed by atoms with E-state index in [1.807, 2.05) is 18.2 Å². The van der Waals surface area contributed by atoms with Crippen LogP contribution in [-0.2, 0) is 16.1 Å². The van der Waals surface area contributed by atoms with Crippen LogP contribution in [0, 0.1) is 0 Å². The van der Waals surface area contributed by atoms with E-state index in [1.54, 1.807) is 0 Å². The van der Waals surface area contributed by atoms with Crippen LogP contribution < -0.4 is 5.32 Å². The summed E-state index contributed by atoms with van der Waals surface area (Å²) >= 11 is 0. The molecule has 3 nitrogen and oxygen atoms in total. The van der Waals surface area contributed by atoms with Gasteiger partial charge in [-0.05, 0) is 18.4 Å². The molecule has 0 radical (unpaired) electrons. The maximum atomic E-state index is 10.8. The van der Waals surface area contributed by atoms with Crippen LogP contribution in [0.1, 0.15) is 24.8 Å². The fraction of sp³-hybridized carbons (Fsp3) is 0.400. The molecule has 0 atom stereocenters. The van der Waals surface area contributed by atoms with Gasteiger partial charge in [0.05, 0.1) is 7.11 Å². The van der Waals surface area contributed by atoms with E-state index in [0.29, 0.717) is 6.42 Å². The second-order valence-corrected chi connectivity index (χ2v) is 4.06. The normalized spacial score (nSPS) is 10.7. The predicted octanol–water partition coefficient (Wildman–Crippen LogP) is 2.68. The lowest BCUT2D eigenvalue weighted by atomic mass is 10.2. The van der Waals surface area contributed by atoms with E-state index in [0.717, 1.165) is 25.9 Å². The van der Waals surface area contributed by atoms with Crippen molar-refractivity contribution in [2.75, 3.05) is 13.7 Å². The third kappa shape index (κ3) is 6.86. The number of carbonyl (C=O) groups is 1. The number of methoxy groups -OCH3 is 1. The number of hydrogen-bond acceptors (Lipinski definition) is 3. The minimum absolute atomic E-state index is 0.134. The third-order valence-electron chi connectivity index (χ3n) is 2.58. The molecule has 0 amide bonds. The van der Waals surface area contributed by atoms with Gasteiger partial charge in [0.25, 0.3) is 0 Å². The fourth-order valence-corrected chi connectivity index (χ4v) is 1.56. The number of carbonyl (C=O) groups excluding carboxylic acids is 1. The SMILES string of the molecule is COC(=O)CCC/C=C/CNCc1ccccc1. The van der Waals surface area contributed by atoms with Crippen LogP contribution in [0.2, 0.25) is 0 Å². The van der Waals surface area contributed by atoms with Gasteiger partial charge in [0.2, 0.25) is 0 Å². The molecule has 0 aromatic heterocycles. The number of hydrogen-bond donors (Lipinski definition) is 1. The molecule has 0 aliphatic rings. The first-order valence-corrected chi connectivity index (χ1v) is 6.29. The summed E-state index contributed by atoms with van der Waals surface area (Å²) in [6.45, 7) is 1.74. The highest BCUT2D eigenvalue weighted by Gasteiger charge is 1.96. The second kappa shape index (κ2) is 9.42. The van der Waals surface area contributed by atoms with E-state index in [2.05, 4.69) is 34.3 Å². The molecule has 0 aliphatic carbocycles. The zero-order chi connectivity index (χ0) is 13.1. The number of ether oxygens (including phenoxy) is 1. The standard InChI is InChI=1S/C15H21NO2/c1-18-15(17)11-7-2-3-8-12-16-13-14-9-5-4-6-10-14/h3-6,8-10,16H,2,7,11-13H2,1H3/b8-3+. The van der Waals surface area contributed by atoms with E-state index < -0.39 is 0 Å². The highest BCUT2D eigenvalue weighted by Crippen LogP contribution is 1.99. The van der Waals surface area contributed by atoms with Gasteiger partial charge >= 0.3 is 5.97 Å². The van der Waals surface area contributed by atoms with Gasteiger partial charge in [0.15, 0.2) is 0 Å². The van der Waals surface area contributed by atoms with Crippen LogP contribution in [0.5, 0.6) is 0 Å². The van der Waals surface area contributed by atoms with Crippen molar-refractivity contribution in [1.82, 2.24) is 5.32 Å². The van der Waals surface area contributed by atoms with Crippen LogP contribution in [0.3, 0.4) is 0 Å². The molecule has 18 heavy (non-hydrogen) atoms. The van der Waals surface area contributed by atoms with Crippen LogP contribution in [0.25, 0.3) is 0 Å². The Morgan fingerprint density at radius 3 is 2.78 bits per heavy atom. The summed E-state index contributed by atoms with van der Waals surface area (Å²) in [5.41, 5.74) is 1.29. The van der Waals surface area contributed by atoms with Gasteiger partial charge in [-0.1, -0.05) is 42.5 Å². The van der Waals surface area contributed by atoms with Gasteiger partial charge in [-0.15, -0.1) is 0 Å². The number of esters is 1. The van der Waals surface area contributed by atoms with Crippen molar-refractivity contribution in [2.45, 2.75) is 25.8 Å². The van der Waals surface area contributed by atoms with E-state index in [1.165, 1.54) is 12.7 Å². The monoisotopic (exact) mass is 247 g/mol. The van der Waals surface area contributed by atoms with E-state index >= 15 is 0 Å². The van der Waals surface area contributed by atoms with E-state index in [4.69, 9.17) is 0 Å². The Hall–Kier alpha value is -1.61. The highest BCUT2D eigenvalue weighted by atomic mass is 16.5. The summed E-state index contributed by atoms with van der Waals surface area (Å²) in [5, 5.41) is 3.33. The summed E-state index contributed by atoms with van der Waals surface area (Å²) in [6, 6.07) is 10.3. The average Bonchev–Trinajstić information content (AvgIpc) is 2.42. The minimum atomic E-state index is -0.134. The summed E-state index contributed by atoms with van der Waals surface area (Å²) < 4.78 is 4.57. The van der Waals surface area contributed by atoms with Gasteiger partial charge in [-0.2, -0.15) is 0 Å². The average molecular weight is 247 g/mol. The number of allylic oxidation sites excluding steroid dienone is 1. The molecule has 98 valence electrons. The number of nitrogens with one attached hydrogen (secondary N) is 1. The highest BCUT2D eigenvalue weighted by molar-refractivity contribution is 5.68. The first-order chi connectivity index (χ1) is 8.83. The molecule has 0 aliphatic heterocycles. The number of rotatable bonds is 8. The Balaban J connectivity index is 1.99. The minimum Gasteiger partial charge on any atom is -0.469 e. The Labute approximate surface area is 109 Å². The lowest BCUT2D eigenvalue weighted by molar-refractivity contribution is -0.140. The Morgan fingerprint density at radius 2 is 2.06 bits per heavy atom. The summed E-state index contributed by atoms with van der Waals surface area (Å²) in [4.78, 5) is 10.8. The second-order valence-electron chi connectivity index (χ2n) is 4.06. The molecular formula is C15H21NO2. The molecule has 0 unspecified atom stereocenters. The van der Waals surface area contributed by atoms with Crippen LogP contribution in [-0.4, -0.2) is 19.6 Å². The Bertz CT molecular complexity index is 360. The third-order valence-corrected chi connectivity index (χ3v) is 2.58. The van der Waals surface area contributed by atoms with Gasteiger partial charge in [0, 0.05) is 19.5 Å². The zero-order valence-corrected chi connectivity index (χ0v) is 10.9. The number of unbranched alkanes of at least 4 members (excludes halogenated alkanes) is 1. The van der Waals surface area contributed by atoms with Crippen molar-refractivity contribution >= 4 is 5.97 Å². The smallest absolute Gasteiger partial charge is 0.305 e. The van der Waals surface area contributed by atoms with E-state index in [9.17, 15) is 4.79 Å². The van der Waals surface area contributed by atoms with Crippen LogP contribution in [0.15, 0.2) is 42.5 Å². The molecule has 3 heteroatoms. The maximum absolute atomic E-state index is 10.8. The maximum Gasteiger partial charge on any atom is 0.305 e. The quantitative estimate of drug-likeness (QED) is 0.436. The molecule has 1 aromatic rings. The molecule has 0 fully saturated rings. The van der Waals surface area contributed by atoms with Crippen molar-refractivity contribution < 1.29 is 9.53 Å². The van der Waals surface area contributed by atoms with Crippen molar-refractivity contribution in [1.29, 1.82) is 0 Å². The molecule has 0 saturated carbocycles. The lowest BCUT2D eigenvalue weighted by Gasteiger charge is -2.01. The molecular weight excluding hydrogens is 226 g/mol. The first kappa shape index (κ1) is 14.5. The molecule has 1 rings (SSSR count). The predicted molar refractivity (Wildman–Crippen MR) is 73.2 cm³/mol. The topological polar surface area (TPSA) is 38.3 Å². The zero-order valence-electron chi connectivity index (χ0n) is 10.9. The van der Waals surface area contributed by atoms with Crippen molar-refractivity contribution in [3.63, 3.8) is 0 Å². The molecule has 0 bridgehead atoms. The molecule has 1 aromatic carbocycles. The van der Waals surface area contributed by atoms with Gasteiger partial charge < -0.3 is 10.1 Å². The van der Waals surface area contributed by atoms with Crippen LogP contribution >= 0.6 is 0 Å². The number of benzene rings is 1. The Kier molecular flexibility index (Phi) is 7.57. The summed E-state index contributed by atoms with van der Waals surface area (Å²) in [5.74, 6) is -0.134. The summed E-state index contributed by atoms with van der Waals surface area (Å²) in [6.07, 6.45) is 6.46. The van der Waals surface area contributed by atoms with Gasteiger partial charge in [0.1, 0.15) is 0 Å². The largest absolute Gasteiger partial charge is 0.469 e. The summed E-state index contributed by atoms with van der Waals surface area (Å²) in [7, 11) is 1.42. The molecule has 1 N–H and O–H groups in total. The molecule has 0 heterocycles. The van der Waals surface area contributed by atoms with Gasteiger partial charge in [-0.3, -0.25) is 4.79 Å². The Morgan fingerprint density at radius 1 is 1.28 bits per heavy atom. The van der Waals surface area contributed by atoms with Gasteiger partial charge in [-0.25, -0.2) is 0 Å². The molecule has 0 saturated heterocycles. The van der Waals surface area contributed by atoms with Crippen LogP contribution in [0.4, 0.5) is 0 Å².